The summed E-state index contributed by atoms with van der Waals surface area (Å²) in [5, 5.41) is 0. The van der Waals surface area contributed by atoms with Gasteiger partial charge < -0.3 is 9.31 Å². The van der Waals surface area contributed by atoms with Crippen LogP contribution in [-0.4, -0.2) is 27.9 Å². The minimum atomic E-state index is -0.489. The van der Waals surface area contributed by atoms with Crippen LogP contribution in [0.4, 0.5) is 0 Å². The maximum absolute atomic E-state index is 11.9. The summed E-state index contributed by atoms with van der Waals surface area (Å²) < 4.78 is 13.6. The van der Waals surface area contributed by atoms with E-state index in [1.165, 1.54) is 6.07 Å². The van der Waals surface area contributed by atoms with Crippen molar-refractivity contribution in [3.8, 4) is 5.69 Å². The van der Waals surface area contributed by atoms with Gasteiger partial charge in [0.1, 0.15) is 0 Å². The molecule has 0 atom stereocenters. The Morgan fingerprint density at radius 3 is 2.41 bits per heavy atom. The highest BCUT2D eigenvalue weighted by Crippen LogP contribution is 2.36. The van der Waals surface area contributed by atoms with Crippen molar-refractivity contribution < 1.29 is 9.31 Å². The third kappa shape index (κ3) is 2.49. The molecule has 114 valence electrons. The predicted octanol–water partition coefficient (Wildman–Crippen LogP) is 1.53. The molecule has 2 aromatic rings. The van der Waals surface area contributed by atoms with Gasteiger partial charge >= 0.3 is 7.12 Å². The molecule has 0 aromatic carbocycles. The van der Waals surface area contributed by atoms with Gasteiger partial charge in [0.2, 0.25) is 0 Å². The van der Waals surface area contributed by atoms with Crippen LogP contribution in [0.15, 0.2) is 47.7 Å². The summed E-state index contributed by atoms with van der Waals surface area (Å²) in [7, 11) is -0.489. The van der Waals surface area contributed by atoms with E-state index in [9.17, 15) is 4.79 Å². The lowest BCUT2D eigenvalue weighted by Crippen LogP contribution is -2.41. The second-order valence-corrected chi connectivity index (χ2v) is 6.47. The van der Waals surface area contributed by atoms with Crippen molar-refractivity contribution in [3.05, 3.63) is 53.2 Å². The Labute approximate surface area is 130 Å². The van der Waals surface area contributed by atoms with Gasteiger partial charge in [0.05, 0.1) is 23.1 Å². The van der Waals surface area contributed by atoms with Crippen LogP contribution in [0.3, 0.4) is 0 Å². The molecule has 6 heteroatoms. The summed E-state index contributed by atoms with van der Waals surface area (Å²) in [4.78, 5) is 16.2. The summed E-state index contributed by atoms with van der Waals surface area (Å²) >= 11 is 0. The van der Waals surface area contributed by atoms with E-state index >= 15 is 0 Å². The summed E-state index contributed by atoms with van der Waals surface area (Å²) in [5.41, 5.74) is 0.578. The van der Waals surface area contributed by atoms with E-state index < -0.39 is 18.3 Å². The average Bonchev–Trinajstić information content (AvgIpc) is 2.68. The van der Waals surface area contributed by atoms with E-state index in [1.54, 1.807) is 29.2 Å². The van der Waals surface area contributed by atoms with E-state index in [4.69, 9.17) is 9.31 Å². The van der Waals surface area contributed by atoms with Crippen molar-refractivity contribution in [1.29, 1.82) is 0 Å². The summed E-state index contributed by atoms with van der Waals surface area (Å²) in [6.07, 6.45) is 5.07. The molecule has 0 amide bonds. The van der Waals surface area contributed by atoms with Crippen LogP contribution in [0.1, 0.15) is 27.7 Å². The summed E-state index contributed by atoms with van der Waals surface area (Å²) in [6, 6.07) is 6.91. The Kier molecular flexibility index (Phi) is 3.46. The molecular weight excluding hydrogens is 279 g/mol. The normalized spacial score (nSPS) is 19.4. The van der Waals surface area contributed by atoms with E-state index in [-0.39, 0.29) is 5.56 Å². The second-order valence-electron chi connectivity index (χ2n) is 6.47. The zero-order chi connectivity index (χ0) is 16.0. The first-order valence-electron chi connectivity index (χ1n) is 7.29. The largest absolute Gasteiger partial charge is 0.496 e. The Bertz CT molecular complexity index is 739. The van der Waals surface area contributed by atoms with Crippen LogP contribution in [0.25, 0.3) is 5.69 Å². The number of pyridine rings is 2. The van der Waals surface area contributed by atoms with Crippen LogP contribution in [0, 0.1) is 0 Å². The minimum Gasteiger partial charge on any atom is -0.399 e. The maximum Gasteiger partial charge on any atom is 0.496 e. The standard InChI is InChI=1S/C16H19BN2O3/c1-15(2)16(3,4)22-17(21-15)12-9-13(11-18-10-12)19-8-6-5-7-14(19)20/h5-11H,1-4H3. The molecule has 5 nitrogen and oxygen atoms in total. The van der Waals surface area contributed by atoms with Gasteiger partial charge in [-0.3, -0.25) is 14.3 Å². The predicted molar refractivity (Wildman–Crippen MR) is 85.6 cm³/mol. The number of hydrogen-bond donors (Lipinski definition) is 0. The third-order valence-corrected chi connectivity index (χ3v) is 4.37. The highest BCUT2D eigenvalue weighted by molar-refractivity contribution is 6.62. The van der Waals surface area contributed by atoms with E-state index in [0.717, 1.165) is 5.46 Å². The van der Waals surface area contributed by atoms with Crippen molar-refractivity contribution in [3.63, 3.8) is 0 Å². The van der Waals surface area contributed by atoms with Gasteiger partial charge in [0.25, 0.3) is 5.56 Å². The first-order valence-corrected chi connectivity index (χ1v) is 7.29. The van der Waals surface area contributed by atoms with Crippen LogP contribution in [0.2, 0.25) is 0 Å². The van der Waals surface area contributed by atoms with E-state index in [1.807, 2.05) is 39.8 Å². The fourth-order valence-electron chi connectivity index (χ4n) is 2.33. The molecule has 0 spiro atoms. The van der Waals surface area contributed by atoms with Gasteiger partial charge in [-0.1, -0.05) is 6.07 Å². The van der Waals surface area contributed by atoms with Crippen LogP contribution in [-0.2, 0) is 9.31 Å². The molecular formula is C16H19BN2O3. The first kappa shape index (κ1) is 15.0. The number of hydrogen-bond acceptors (Lipinski definition) is 4. The molecule has 0 unspecified atom stereocenters. The molecule has 1 saturated heterocycles. The van der Waals surface area contributed by atoms with Gasteiger partial charge in [-0.05, 0) is 39.8 Å². The molecule has 0 bridgehead atoms. The second kappa shape index (κ2) is 5.07. The molecule has 3 heterocycles. The Morgan fingerprint density at radius 1 is 1.09 bits per heavy atom. The number of rotatable bonds is 2. The molecule has 3 rings (SSSR count). The van der Waals surface area contributed by atoms with Gasteiger partial charge in [-0.15, -0.1) is 0 Å². The lowest BCUT2D eigenvalue weighted by molar-refractivity contribution is 0.00578. The summed E-state index contributed by atoms with van der Waals surface area (Å²) in [5.74, 6) is 0. The van der Waals surface area contributed by atoms with Crippen molar-refractivity contribution in [2.45, 2.75) is 38.9 Å². The molecule has 2 aromatic heterocycles. The van der Waals surface area contributed by atoms with Crippen LogP contribution >= 0.6 is 0 Å². The SMILES string of the molecule is CC1(C)OB(c2cncc(-n3ccccc3=O)c2)OC1(C)C. The third-order valence-electron chi connectivity index (χ3n) is 4.37. The fraction of sp³-hybridized carbons (Fsp3) is 0.375. The number of nitrogens with zero attached hydrogens (tertiary/aromatic N) is 2. The molecule has 0 radical (unpaired) electrons. The zero-order valence-corrected chi connectivity index (χ0v) is 13.2. The quantitative estimate of drug-likeness (QED) is 0.789. The Balaban J connectivity index is 1.97. The molecule has 0 N–H and O–H groups in total. The lowest BCUT2D eigenvalue weighted by Gasteiger charge is -2.32. The smallest absolute Gasteiger partial charge is 0.399 e. The van der Waals surface area contributed by atoms with Crippen molar-refractivity contribution >= 4 is 12.6 Å². The topological polar surface area (TPSA) is 53.4 Å². The lowest BCUT2D eigenvalue weighted by atomic mass is 9.80. The molecule has 0 saturated carbocycles. The zero-order valence-electron chi connectivity index (χ0n) is 13.2. The van der Waals surface area contributed by atoms with Gasteiger partial charge in [0.15, 0.2) is 0 Å². The fourth-order valence-corrected chi connectivity index (χ4v) is 2.33. The van der Waals surface area contributed by atoms with Crippen molar-refractivity contribution in [2.75, 3.05) is 0 Å². The van der Waals surface area contributed by atoms with Gasteiger partial charge in [-0.25, -0.2) is 0 Å². The highest BCUT2D eigenvalue weighted by Gasteiger charge is 2.51. The maximum atomic E-state index is 11.9. The van der Waals surface area contributed by atoms with Crippen LogP contribution in [0.5, 0.6) is 0 Å². The van der Waals surface area contributed by atoms with Gasteiger partial charge in [0, 0.05) is 23.9 Å². The van der Waals surface area contributed by atoms with E-state index in [2.05, 4.69) is 4.98 Å². The van der Waals surface area contributed by atoms with Crippen molar-refractivity contribution in [1.82, 2.24) is 9.55 Å². The van der Waals surface area contributed by atoms with Crippen molar-refractivity contribution in [2.24, 2.45) is 0 Å². The highest BCUT2D eigenvalue weighted by atomic mass is 16.7. The van der Waals surface area contributed by atoms with Crippen LogP contribution < -0.4 is 11.0 Å². The molecule has 0 aliphatic carbocycles. The Morgan fingerprint density at radius 2 is 1.77 bits per heavy atom. The molecule has 1 fully saturated rings. The summed E-state index contributed by atoms with van der Waals surface area (Å²) in [6.45, 7) is 8.02. The molecule has 1 aliphatic rings. The monoisotopic (exact) mass is 298 g/mol. The molecule has 1 aliphatic heterocycles. The Hall–Kier alpha value is -1.92. The first-order chi connectivity index (χ1) is 10.3. The number of aromatic nitrogens is 2. The average molecular weight is 298 g/mol. The minimum absolute atomic E-state index is 0.102. The van der Waals surface area contributed by atoms with E-state index in [0.29, 0.717) is 5.69 Å². The van der Waals surface area contributed by atoms with Gasteiger partial charge in [-0.2, -0.15) is 0 Å². The molecule has 22 heavy (non-hydrogen) atoms.